The minimum Gasteiger partial charge on any atom is -0.455 e. The van der Waals surface area contributed by atoms with Gasteiger partial charge in [-0.05, 0) is 108 Å². The molecule has 0 bridgehead atoms. The second kappa shape index (κ2) is 12.2. The Morgan fingerprint density at radius 3 is 1.46 bits per heavy atom. The lowest BCUT2D eigenvalue weighted by molar-refractivity contribution is 0.670. The van der Waals surface area contributed by atoms with Crippen molar-refractivity contribution in [3.63, 3.8) is 0 Å². The third-order valence-corrected chi connectivity index (χ3v) is 11.0. The third-order valence-electron chi connectivity index (χ3n) is 11.0. The van der Waals surface area contributed by atoms with Crippen molar-refractivity contribution in [3.05, 3.63) is 200 Å². The SMILES string of the molecule is c1ccc2c(c1)ccc1ccc(-c3ccc(N(c4ccc(-c5cccc6c5oc5ccccc56)cc4)c4ccc5ccc6ccccc6c5c4)cc3)cc12. The number of hydrogen-bond acceptors (Lipinski definition) is 2. The van der Waals surface area contributed by atoms with Crippen molar-refractivity contribution < 1.29 is 4.42 Å². The maximum absolute atomic E-state index is 6.41. The molecule has 1 aromatic heterocycles. The summed E-state index contributed by atoms with van der Waals surface area (Å²) in [6.07, 6.45) is 0. The molecule has 10 aromatic carbocycles. The maximum Gasteiger partial charge on any atom is 0.143 e. The highest BCUT2D eigenvalue weighted by Gasteiger charge is 2.17. The first kappa shape index (κ1) is 30.5. The van der Waals surface area contributed by atoms with Crippen molar-refractivity contribution in [2.45, 2.75) is 0 Å². The second-order valence-electron chi connectivity index (χ2n) is 14.1. The minimum absolute atomic E-state index is 0.909. The summed E-state index contributed by atoms with van der Waals surface area (Å²) < 4.78 is 6.41. The van der Waals surface area contributed by atoms with Crippen LogP contribution in [0.2, 0.25) is 0 Å². The summed E-state index contributed by atoms with van der Waals surface area (Å²) in [4.78, 5) is 2.37. The molecule has 1 heterocycles. The van der Waals surface area contributed by atoms with Crippen LogP contribution in [0.25, 0.3) is 87.3 Å². The van der Waals surface area contributed by atoms with Gasteiger partial charge in [0.05, 0.1) is 0 Å². The molecule has 0 spiro atoms. The summed E-state index contributed by atoms with van der Waals surface area (Å²) in [5.74, 6) is 0. The van der Waals surface area contributed by atoms with Gasteiger partial charge in [0.15, 0.2) is 0 Å². The molecule has 252 valence electrons. The summed E-state index contributed by atoms with van der Waals surface area (Å²) >= 11 is 0. The Labute approximate surface area is 312 Å². The van der Waals surface area contributed by atoms with Crippen LogP contribution < -0.4 is 4.90 Å². The van der Waals surface area contributed by atoms with Crippen molar-refractivity contribution in [2.24, 2.45) is 0 Å². The van der Waals surface area contributed by atoms with Crippen LogP contribution in [0.3, 0.4) is 0 Å². The molecule has 0 saturated heterocycles. The van der Waals surface area contributed by atoms with E-state index in [4.69, 9.17) is 4.42 Å². The van der Waals surface area contributed by atoms with Gasteiger partial charge in [0, 0.05) is 33.4 Å². The van der Waals surface area contributed by atoms with Crippen molar-refractivity contribution in [2.75, 3.05) is 4.90 Å². The summed E-state index contributed by atoms with van der Waals surface area (Å²) in [7, 11) is 0. The lowest BCUT2D eigenvalue weighted by atomic mass is 9.97. The first-order chi connectivity index (χ1) is 26.7. The molecule has 0 aliphatic rings. The molecule has 0 aliphatic carbocycles. The molecular formula is C52H33NO. The average Bonchev–Trinajstić information content (AvgIpc) is 3.63. The number of benzene rings is 10. The van der Waals surface area contributed by atoms with E-state index in [9.17, 15) is 0 Å². The Balaban J connectivity index is 1.03. The van der Waals surface area contributed by atoms with E-state index in [0.29, 0.717) is 0 Å². The van der Waals surface area contributed by atoms with Crippen LogP contribution in [-0.2, 0) is 0 Å². The molecule has 0 N–H and O–H groups in total. The zero-order valence-electron chi connectivity index (χ0n) is 29.4. The van der Waals surface area contributed by atoms with E-state index in [1.165, 1.54) is 54.2 Å². The lowest BCUT2D eigenvalue weighted by Crippen LogP contribution is -2.09. The third kappa shape index (κ3) is 4.96. The van der Waals surface area contributed by atoms with Crippen LogP contribution in [0, 0.1) is 0 Å². The number of furan rings is 1. The number of rotatable bonds is 5. The average molecular weight is 688 g/mol. The summed E-state index contributed by atoms with van der Waals surface area (Å²) in [5, 5.41) is 12.3. The fraction of sp³-hybridized carbons (Fsp3) is 0. The predicted octanol–water partition coefficient (Wildman–Crippen LogP) is 15.0. The zero-order valence-corrected chi connectivity index (χ0v) is 29.4. The minimum atomic E-state index is 0.909. The van der Waals surface area contributed by atoms with Crippen molar-refractivity contribution in [1.82, 2.24) is 0 Å². The van der Waals surface area contributed by atoms with E-state index < -0.39 is 0 Å². The summed E-state index contributed by atoms with van der Waals surface area (Å²) in [5.41, 5.74) is 9.71. The van der Waals surface area contributed by atoms with E-state index in [0.717, 1.165) is 50.1 Å². The Hall–Kier alpha value is -7.16. The van der Waals surface area contributed by atoms with Gasteiger partial charge in [-0.3, -0.25) is 0 Å². The highest BCUT2D eigenvalue weighted by molar-refractivity contribution is 6.11. The molecule has 0 atom stereocenters. The second-order valence-corrected chi connectivity index (χ2v) is 14.1. The van der Waals surface area contributed by atoms with Crippen LogP contribution in [0.1, 0.15) is 0 Å². The molecule has 0 fully saturated rings. The molecule has 11 aromatic rings. The smallest absolute Gasteiger partial charge is 0.143 e. The van der Waals surface area contributed by atoms with Gasteiger partial charge in [0.2, 0.25) is 0 Å². The summed E-state index contributed by atoms with van der Waals surface area (Å²) in [6, 6.07) is 72.4. The number of hydrogen-bond donors (Lipinski definition) is 0. The van der Waals surface area contributed by atoms with Gasteiger partial charge in [-0.25, -0.2) is 0 Å². The zero-order chi connectivity index (χ0) is 35.6. The fourth-order valence-electron chi connectivity index (χ4n) is 8.33. The molecule has 2 nitrogen and oxygen atoms in total. The number of fused-ring (bicyclic) bond motifs is 9. The van der Waals surface area contributed by atoms with Gasteiger partial charge in [-0.2, -0.15) is 0 Å². The summed E-state index contributed by atoms with van der Waals surface area (Å²) in [6.45, 7) is 0. The predicted molar refractivity (Wildman–Crippen MR) is 229 cm³/mol. The largest absolute Gasteiger partial charge is 0.455 e. The molecule has 0 unspecified atom stereocenters. The number of nitrogens with zero attached hydrogens (tertiary/aromatic N) is 1. The molecular weight excluding hydrogens is 655 g/mol. The molecule has 11 rings (SSSR count). The normalized spacial score (nSPS) is 11.7. The molecule has 0 radical (unpaired) electrons. The molecule has 0 saturated carbocycles. The maximum atomic E-state index is 6.41. The van der Waals surface area contributed by atoms with E-state index >= 15 is 0 Å². The Morgan fingerprint density at radius 2 is 0.778 bits per heavy atom. The lowest BCUT2D eigenvalue weighted by Gasteiger charge is -2.26. The highest BCUT2D eigenvalue weighted by atomic mass is 16.3. The highest BCUT2D eigenvalue weighted by Crippen LogP contribution is 2.41. The van der Waals surface area contributed by atoms with Gasteiger partial charge in [-0.1, -0.05) is 152 Å². The van der Waals surface area contributed by atoms with Gasteiger partial charge in [0.1, 0.15) is 11.2 Å². The first-order valence-electron chi connectivity index (χ1n) is 18.5. The van der Waals surface area contributed by atoms with Crippen molar-refractivity contribution in [3.8, 4) is 22.3 Å². The van der Waals surface area contributed by atoms with Crippen molar-refractivity contribution in [1.29, 1.82) is 0 Å². The Bertz CT molecular complexity index is 3210. The fourth-order valence-corrected chi connectivity index (χ4v) is 8.33. The van der Waals surface area contributed by atoms with Crippen LogP contribution in [-0.4, -0.2) is 0 Å². The quantitative estimate of drug-likeness (QED) is 0.168. The van der Waals surface area contributed by atoms with Gasteiger partial charge in [0.25, 0.3) is 0 Å². The van der Waals surface area contributed by atoms with E-state index in [-0.39, 0.29) is 0 Å². The van der Waals surface area contributed by atoms with Crippen LogP contribution in [0.4, 0.5) is 17.1 Å². The van der Waals surface area contributed by atoms with Crippen LogP contribution in [0.5, 0.6) is 0 Å². The molecule has 0 aliphatic heterocycles. The molecule has 54 heavy (non-hydrogen) atoms. The van der Waals surface area contributed by atoms with E-state index in [1.807, 2.05) is 12.1 Å². The topological polar surface area (TPSA) is 16.4 Å². The van der Waals surface area contributed by atoms with Crippen molar-refractivity contribution >= 4 is 82.1 Å². The van der Waals surface area contributed by atoms with Gasteiger partial charge in [-0.15, -0.1) is 0 Å². The number of para-hydroxylation sites is 2. The van der Waals surface area contributed by atoms with E-state index in [2.05, 4.69) is 193 Å². The number of anilines is 3. The van der Waals surface area contributed by atoms with Gasteiger partial charge < -0.3 is 9.32 Å². The van der Waals surface area contributed by atoms with Crippen LogP contribution in [0.15, 0.2) is 205 Å². The Morgan fingerprint density at radius 1 is 0.296 bits per heavy atom. The Kier molecular flexibility index (Phi) is 6.90. The van der Waals surface area contributed by atoms with E-state index in [1.54, 1.807) is 0 Å². The molecule has 0 amide bonds. The standard InChI is InChI=1S/C52H33NO/c1-3-10-44-35(8-1)16-18-38-20-21-40(32-49(38)44)34-22-27-41(28-23-34)53(43-31-26-39-19-17-36-9-2-4-11-45(36)50(39)33-43)42-29-24-37(25-30-42)46-13-7-14-48-47-12-5-6-15-51(47)54-52(46)48/h1-33H. The van der Waals surface area contributed by atoms with Gasteiger partial charge >= 0.3 is 0 Å². The van der Waals surface area contributed by atoms with Crippen LogP contribution >= 0.6 is 0 Å². The molecule has 2 heteroatoms. The monoisotopic (exact) mass is 687 g/mol. The first-order valence-corrected chi connectivity index (χ1v) is 18.5.